The third-order valence-corrected chi connectivity index (χ3v) is 3.60. The number of hydrogen-bond acceptors (Lipinski definition) is 3. The molecular weight excluding hydrogens is 276 g/mol. The average molecular weight is 290 g/mol. The quantitative estimate of drug-likeness (QED) is 0.894. The molecule has 0 bridgehead atoms. The maximum atomic E-state index is 11.8. The van der Waals surface area contributed by atoms with Gasteiger partial charge in [-0.05, 0) is 29.8 Å². The van der Waals surface area contributed by atoms with E-state index in [1.54, 1.807) is 24.3 Å². The third kappa shape index (κ3) is 3.91. The first kappa shape index (κ1) is 14.2. The zero-order valence-corrected chi connectivity index (χ0v) is 11.4. The van der Waals surface area contributed by atoms with Crippen LogP contribution in [0.4, 0.5) is 5.69 Å². The van der Waals surface area contributed by atoms with E-state index in [4.69, 9.17) is 5.14 Å². The number of nitrogens with one attached hydrogen (secondary N) is 1. The maximum absolute atomic E-state index is 11.8. The van der Waals surface area contributed by atoms with Crippen molar-refractivity contribution in [3.63, 3.8) is 0 Å². The van der Waals surface area contributed by atoms with Crippen molar-refractivity contribution >= 4 is 21.6 Å². The zero-order valence-electron chi connectivity index (χ0n) is 10.6. The fourth-order valence-corrected chi connectivity index (χ4v) is 2.22. The molecule has 6 heteroatoms. The van der Waals surface area contributed by atoms with Gasteiger partial charge in [-0.15, -0.1) is 0 Å². The summed E-state index contributed by atoms with van der Waals surface area (Å²) < 4.78 is 22.2. The van der Waals surface area contributed by atoms with Gasteiger partial charge in [-0.2, -0.15) is 0 Å². The molecule has 0 saturated heterocycles. The van der Waals surface area contributed by atoms with Crippen LogP contribution in [0.3, 0.4) is 0 Å². The smallest absolute Gasteiger partial charge is 0.238 e. The van der Waals surface area contributed by atoms with E-state index < -0.39 is 10.0 Å². The summed E-state index contributed by atoms with van der Waals surface area (Å²) in [5.41, 5.74) is 1.43. The van der Waals surface area contributed by atoms with Crippen LogP contribution in [-0.4, -0.2) is 14.3 Å². The fraction of sp³-hybridized carbons (Fsp3) is 0.0714. The standard InChI is InChI=1S/C14H14N2O3S/c15-20(18,19)13-8-6-11(7-9-13)10-14(17)16-12-4-2-1-3-5-12/h1-9H,10H2,(H,16,17)(H2,15,18,19). The van der Waals surface area contributed by atoms with Gasteiger partial charge in [0, 0.05) is 5.69 Å². The number of carbonyl (C=O) groups is 1. The van der Waals surface area contributed by atoms with Crippen molar-refractivity contribution in [3.05, 3.63) is 60.2 Å². The number of hydrogen-bond donors (Lipinski definition) is 2. The molecule has 0 heterocycles. The number of primary sulfonamides is 1. The maximum Gasteiger partial charge on any atom is 0.238 e. The molecule has 0 aliphatic carbocycles. The minimum atomic E-state index is -3.70. The van der Waals surface area contributed by atoms with E-state index in [1.165, 1.54) is 12.1 Å². The van der Waals surface area contributed by atoms with E-state index in [0.29, 0.717) is 5.56 Å². The molecule has 0 fully saturated rings. The minimum absolute atomic E-state index is 0.0321. The van der Waals surface area contributed by atoms with Crippen LogP contribution in [0.1, 0.15) is 5.56 Å². The summed E-state index contributed by atoms with van der Waals surface area (Å²) in [6.07, 6.45) is 0.166. The van der Waals surface area contributed by atoms with Crippen molar-refractivity contribution in [2.75, 3.05) is 5.32 Å². The summed E-state index contributed by atoms with van der Waals surface area (Å²) in [5, 5.41) is 7.76. The lowest BCUT2D eigenvalue weighted by Crippen LogP contribution is -2.15. The van der Waals surface area contributed by atoms with Crippen LogP contribution >= 0.6 is 0 Å². The van der Waals surface area contributed by atoms with Gasteiger partial charge in [-0.25, -0.2) is 13.6 Å². The number of rotatable bonds is 4. The Labute approximate surface area is 117 Å². The van der Waals surface area contributed by atoms with Gasteiger partial charge in [-0.1, -0.05) is 30.3 Å². The predicted molar refractivity (Wildman–Crippen MR) is 76.6 cm³/mol. The van der Waals surface area contributed by atoms with Gasteiger partial charge in [-0.3, -0.25) is 4.79 Å². The molecule has 104 valence electrons. The first-order chi connectivity index (χ1) is 9.45. The van der Waals surface area contributed by atoms with E-state index in [0.717, 1.165) is 5.69 Å². The third-order valence-electron chi connectivity index (χ3n) is 2.67. The number of amides is 1. The molecule has 0 saturated carbocycles. The van der Waals surface area contributed by atoms with Gasteiger partial charge in [0.1, 0.15) is 0 Å². The van der Waals surface area contributed by atoms with Crippen LogP contribution in [0.15, 0.2) is 59.5 Å². The molecule has 2 rings (SSSR count). The molecule has 0 aromatic heterocycles. The predicted octanol–water partition coefficient (Wildman–Crippen LogP) is 1.52. The topological polar surface area (TPSA) is 89.3 Å². The van der Waals surface area contributed by atoms with E-state index in [-0.39, 0.29) is 17.2 Å². The molecule has 0 unspecified atom stereocenters. The van der Waals surface area contributed by atoms with Crippen molar-refractivity contribution in [1.82, 2.24) is 0 Å². The molecule has 20 heavy (non-hydrogen) atoms. The second-order valence-corrected chi connectivity index (χ2v) is 5.84. The van der Waals surface area contributed by atoms with Gasteiger partial charge in [0.15, 0.2) is 0 Å². The van der Waals surface area contributed by atoms with Gasteiger partial charge < -0.3 is 5.32 Å². The Morgan fingerprint density at radius 1 is 1.00 bits per heavy atom. The molecule has 5 nitrogen and oxygen atoms in total. The monoisotopic (exact) mass is 290 g/mol. The van der Waals surface area contributed by atoms with E-state index in [2.05, 4.69) is 5.32 Å². The molecule has 3 N–H and O–H groups in total. The first-order valence-electron chi connectivity index (χ1n) is 5.92. The summed E-state index contributed by atoms with van der Waals surface area (Å²) >= 11 is 0. The van der Waals surface area contributed by atoms with E-state index in [1.807, 2.05) is 18.2 Å². The van der Waals surface area contributed by atoms with E-state index >= 15 is 0 Å². The number of sulfonamides is 1. The van der Waals surface area contributed by atoms with Crippen LogP contribution in [0, 0.1) is 0 Å². The summed E-state index contributed by atoms with van der Waals surface area (Å²) in [5.74, 6) is -0.167. The highest BCUT2D eigenvalue weighted by Crippen LogP contribution is 2.11. The minimum Gasteiger partial charge on any atom is -0.326 e. The van der Waals surface area contributed by atoms with Gasteiger partial charge >= 0.3 is 0 Å². The summed E-state index contributed by atoms with van der Waals surface area (Å²) in [6.45, 7) is 0. The van der Waals surface area contributed by atoms with Crippen molar-refractivity contribution < 1.29 is 13.2 Å². The lowest BCUT2D eigenvalue weighted by atomic mass is 10.1. The van der Waals surface area contributed by atoms with E-state index in [9.17, 15) is 13.2 Å². The highest BCUT2D eigenvalue weighted by Gasteiger charge is 2.08. The fourth-order valence-electron chi connectivity index (χ4n) is 1.71. The lowest BCUT2D eigenvalue weighted by Gasteiger charge is -2.05. The highest BCUT2D eigenvalue weighted by molar-refractivity contribution is 7.89. The molecule has 0 radical (unpaired) electrons. The summed E-state index contributed by atoms with van der Waals surface area (Å²) in [4.78, 5) is 11.8. The van der Waals surface area contributed by atoms with Crippen LogP contribution in [0.25, 0.3) is 0 Å². The normalized spacial score (nSPS) is 11.1. The molecule has 0 aliphatic heterocycles. The molecule has 1 amide bonds. The van der Waals surface area contributed by atoms with Crippen LogP contribution in [0.5, 0.6) is 0 Å². The van der Waals surface area contributed by atoms with Gasteiger partial charge in [0.25, 0.3) is 0 Å². The summed E-state index contributed by atoms with van der Waals surface area (Å²) in [6, 6.07) is 15.0. The first-order valence-corrected chi connectivity index (χ1v) is 7.46. The molecule has 0 atom stereocenters. The van der Waals surface area contributed by atoms with Crippen LogP contribution < -0.4 is 10.5 Å². The molecule has 2 aromatic rings. The average Bonchev–Trinajstić information content (AvgIpc) is 2.39. The number of anilines is 1. The van der Waals surface area contributed by atoms with Crippen molar-refractivity contribution in [3.8, 4) is 0 Å². The number of para-hydroxylation sites is 1. The van der Waals surface area contributed by atoms with Crippen molar-refractivity contribution in [2.24, 2.45) is 5.14 Å². The van der Waals surface area contributed by atoms with Crippen molar-refractivity contribution in [2.45, 2.75) is 11.3 Å². The van der Waals surface area contributed by atoms with Crippen LogP contribution in [0.2, 0.25) is 0 Å². The zero-order chi connectivity index (χ0) is 14.6. The Hall–Kier alpha value is -2.18. The second kappa shape index (κ2) is 5.85. The Morgan fingerprint density at radius 3 is 2.15 bits per heavy atom. The van der Waals surface area contributed by atoms with Gasteiger partial charge in [0.05, 0.1) is 11.3 Å². The largest absolute Gasteiger partial charge is 0.326 e. The molecular formula is C14H14N2O3S. The Morgan fingerprint density at radius 2 is 1.60 bits per heavy atom. The molecule has 2 aromatic carbocycles. The SMILES string of the molecule is NS(=O)(=O)c1ccc(CC(=O)Nc2ccccc2)cc1. The Bertz CT molecular complexity index is 695. The lowest BCUT2D eigenvalue weighted by molar-refractivity contribution is -0.115. The van der Waals surface area contributed by atoms with Crippen molar-refractivity contribution in [1.29, 1.82) is 0 Å². The molecule has 0 aliphatic rings. The van der Waals surface area contributed by atoms with Gasteiger partial charge in [0.2, 0.25) is 15.9 Å². The second-order valence-electron chi connectivity index (χ2n) is 4.28. The number of carbonyl (C=O) groups excluding carboxylic acids is 1. The van der Waals surface area contributed by atoms with Crippen LogP contribution in [-0.2, 0) is 21.2 Å². The highest BCUT2D eigenvalue weighted by atomic mass is 32.2. The number of benzene rings is 2. The summed E-state index contributed by atoms with van der Waals surface area (Å²) in [7, 11) is -3.70. The Balaban J connectivity index is 2.02. The molecule has 0 spiro atoms. The Kier molecular flexibility index (Phi) is 4.16. The number of nitrogens with two attached hydrogens (primary N) is 1.